The lowest BCUT2D eigenvalue weighted by molar-refractivity contribution is -0.120. The number of hydrogen-bond acceptors (Lipinski definition) is 4. The summed E-state index contributed by atoms with van der Waals surface area (Å²) in [6, 6.07) is 3.45. The summed E-state index contributed by atoms with van der Waals surface area (Å²) < 4.78 is 0. The fourth-order valence-electron chi connectivity index (χ4n) is 1.45. The Labute approximate surface area is 103 Å². The van der Waals surface area contributed by atoms with Crippen molar-refractivity contribution >= 4 is 29.4 Å². The van der Waals surface area contributed by atoms with Crippen LogP contribution in [0, 0.1) is 0 Å². The standard InChI is InChI=1S/C11H11ClN4O/c12-7-2-1-5-15-9(7)8-3-4-11(14,6-16-8)10(13)17/h1-3,5-6H,4,14H2,(H2,13,17). The lowest BCUT2D eigenvalue weighted by atomic mass is 9.94. The lowest BCUT2D eigenvalue weighted by Crippen LogP contribution is -2.53. The van der Waals surface area contributed by atoms with E-state index < -0.39 is 11.4 Å². The molecular formula is C11H11ClN4O. The zero-order valence-corrected chi connectivity index (χ0v) is 9.69. The van der Waals surface area contributed by atoms with Crippen LogP contribution < -0.4 is 11.5 Å². The molecule has 0 bridgehead atoms. The second-order valence-electron chi connectivity index (χ2n) is 3.79. The van der Waals surface area contributed by atoms with Gasteiger partial charge in [0, 0.05) is 12.4 Å². The number of hydrogen-bond donors (Lipinski definition) is 2. The van der Waals surface area contributed by atoms with Crippen molar-refractivity contribution in [3.8, 4) is 0 Å². The second kappa shape index (κ2) is 4.27. The summed E-state index contributed by atoms with van der Waals surface area (Å²) in [6.45, 7) is 0. The van der Waals surface area contributed by atoms with Gasteiger partial charge in [0.1, 0.15) is 11.2 Å². The van der Waals surface area contributed by atoms with Crippen LogP contribution in [0.4, 0.5) is 0 Å². The van der Waals surface area contributed by atoms with E-state index in [1.165, 1.54) is 6.21 Å². The van der Waals surface area contributed by atoms with Crippen LogP contribution in [-0.4, -0.2) is 22.6 Å². The summed E-state index contributed by atoms with van der Waals surface area (Å²) in [7, 11) is 0. The second-order valence-corrected chi connectivity index (χ2v) is 4.20. The van der Waals surface area contributed by atoms with Gasteiger partial charge in [-0.05, 0) is 18.6 Å². The minimum Gasteiger partial charge on any atom is -0.368 e. The number of carbonyl (C=O) groups excluding carboxylic acids is 1. The maximum Gasteiger partial charge on any atom is 0.243 e. The number of aliphatic imine (C=N–C) groups is 1. The van der Waals surface area contributed by atoms with E-state index in [1.54, 1.807) is 24.4 Å². The summed E-state index contributed by atoms with van der Waals surface area (Å²) >= 11 is 5.99. The van der Waals surface area contributed by atoms with Gasteiger partial charge in [-0.1, -0.05) is 17.7 Å². The molecule has 88 valence electrons. The first kappa shape index (κ1) is 11.8. The van der Waals surface area contributed by atoms with Crippen molar-refractivity contribution in [2.45, 2.75) is 12.0 Å². The van der Waals surface area contributed by atoms with Gasteiger partial charge in [0.15, 0.2) is 0 Å². The smallest absolute Gasteiger partial charge is 0.243 e. The van der Waals surface area contributed by atoms with E-state index in [-0.39, 0.29) is 6.42 Å². The highest BCUT2D eigenvalue weighted by Gasteiger charge is 2.31. The fourth-order valence-corrected chi connectivity index (χ4v) is 1.67. The Morgan fingerprint density at radius 1 is 1.53 bits per heavy atom. The van der Waals surface area contributed by atoms with Gasteiger partial charge < -0.3 is 11.5 Å². The molecule has 0 saturated carbocycles. The highest BCUT2D eigenvalue weighted by molar-refractivity contribution is 6.32. The van der Waals surface area contributed by atoms with Crippen molar-refractivity contribution in [2.75, 3.05) is 0 Å². The number of amides is 1. The average molecular weight is 251 g/mol. The molecule has 0 fully saturated rings. The maximum absolute atomic E-state index is 11.1. The Hall–Kier alpha value is -1.72. The quantitative estimate of drug-likeness (QED) is 0.810. The summed E-state index contributed by atoms with van der Waals surface area (Å²) in [5.41, 5.74) is 10.9. The van der Waals surface area contributed by atoms with Crippen molar-refractivity contribution in [3.05, 3.63) is 35.1 Å². The van der Waals surface area contributed by atoms with Crippen LogP contribution in [0.5, 0.6) is 0 Å². The van der Waals surface area contributed by atoms with E-state index in [0.717, 1.165) is 0 Å². The summed E-state index contributed by atoms with van der Waals surface area (Å²) in [5, 5.41) is 0.500. The van der Waals surface area contributed by atoms with Crippen LogP contribution in [-0.2, 0) is 4.79 Å². The maximum atomic E-state index is 11.1. The molecule has 0 saturated heterocycles. The van der Waals surface area contributed by atoms with E-state index in [1.807, 2.05) is 0 Å². The van der Waals surface area contributed by atoms with Gasteiger partial charge in [-0.2, -0.15) is 0 Å². The van der Waals surface area contributed by atoms with Gasteiger partial charge in [-0.15, -0.1) is 0 Å². The van der Waals surface area contributed by atoms with Crippen LogP contribution in [0.3, 0.4) is 0 Å². The molecule has 1 aliphatic rings. The van der Waals surface area contributed by atoms with Crippen LogP contribution in [0.2, 0.25) is 5.02 Å². The molecular weight excluding hydrogens is 240 g/mol. The number of carbonyl (C=O) groups is 1. The van der Waals surface area contributed by atoms with E-state index in [0.29, 0.717) is 16.4 Å². The molecule has 1 atom stereocenters. The first-order valence-electron chi connectivity index (χ1n) is 4.98. The van der Waals surface area contributed by atoms with Crippen molar-refractivity contribution in [1.82, 2.24) is 4.98 Å². The van der Waals surface area contributed by atoms with E-state index in [9.17, 15) is 4.79 Å². The molecule has 4 N–H and O–H groups in total. The minimum atomic E-state index is -1.22. The molecule has 1 amide bonds. The molecule has 6 heteroatoms. The fraction of sp³-hybridized carbons (Fsp3) is 0.182. The summed E-state index contributed by atoms with van der Waals surface area (Å²) in [6.07, 6.45) is 4.96. The highest BCUT2D eigenvalue weighted by Crippen LogP contribution is 2.26. The Kier molecular flexibility index (Phi) is 2.95. The van der Waals surface area contributed by atoms with Crippen LogP contribution in [0.25, 0.3) is 5.70 Å². The number of pyridine rings is 1. The molecule has 1 aromatic rings. The number of nitrogens with two attached hydrogens (primary N) is 2. The van der Waals surface area contributed by atoms with Crippen LogP contribution in [0.1, 0.15) is 12.1 Å². The monoisotopic (exact) mass is 250 g/mol. The number of aromatic nitrogens is 1. The number of primary amides is 1. The third-order valence-electron chi connectivity index (χ3n) is 2.53. The zero-order valence-electron chi connectivity index (χ0n) is 8.93. The average Bonchev–Trinajstić information content (AvgIpc) is 2.31. The molecule has 2 rings (SSSR count). The van der Waals surface area contributed by atoms with Gasteiger partial charge in [-0.3, -0.25) is 14.8 Å². The van der Waals surface area contributed by atoms with Crippen LogP contribution in [0.15, 0.2) is 29.4 Å². The van der Waals surface area contributed by atoms with Crippen molar-refractivity contribution in [1.29, 1.82) is 0 Å². The van der Waals surface area contributed by atoms with Gasteiger partial charge in [-0.25, -0.2) is 0 Å². The van der Waals surface area contributed by atoms with Crippen molar-refractivity contribution < 1.29 is 4.79 Å². The lowest BCUT2D eigenvalue weighted by Gasteiger charge is -2.22. The third kappa shape index (κ3) is 2.20. The molecule has 1 aliphatic heterocycles. The first-order valence-corrected chi connectivity index (χ1v) is 5.36. The summed E-state index contributed by atoms with van der Waals surface area (Å²) in [5.74, 6) is -0.608. The Balaban J connectivity index is 2.30. The predicted octanol–water partition coefficient (Wildman–Crippen LogP) is 0.733. The van der Waals surface area contributed by atoms with Gasteiger partial charge in [0.05, 0.1) is 10.7 Å². The van der Waals surface area contributed by atoms with Crippen LogP contribution >= 0.6 is 11.6 Å². The predicted molar refractivity (Wildman–Crippen MR) is 66.4 cm³/mol. The van der Waals surface area contributed by atoms with Gasteiger partial charge in [0.2, 0.25) is 5.91 Å². The van der Waals surface area contributed by atoms with Crippen molar-refractivity contribution in [2.24, 2.45) is 16.5 Å². The summed E-state index contributed by atoms with van der Waals surface area (Å²) in [4.78, 5) is 19.3. The van der Waals surface area contributed by atoms with Crippen molar-refractivity contribution in [3.63, 3.8) is 0 Å². The Morgan fingerprint density at radius 3 is 2.82 bits per heavy atom. The Bertz CT molecular complexity index is 526. The molecule has 5 nitrogen and oxygen atoms in total. The van der Waals surface area contributed by atoms with Gasteiger partial charge in [0.25, 0.3) is 0 Å². The molecule has 0 aliphatic carbocycles. The normalized spacial score (nSPS) is 23.3. The molecule has 2 heterocycles. The molecule has 0 radical (unpaired) electrons. The zero-order chi connectivity index (χ0) is 12.5. The molecule has 17 heavy (non-hydrogen) atoms. The molecule has 1 aromatic heterocycles. The third-order valence-corrected chi connectivity index (χ3v) is 2.83. The van der Waals surface area contributed by atoms with E-state index in [2.05, 4.69) is 9.98 Å². The first-order chi connectivity index (χ1) is 8.03. The van der Waals surface area contributed by atoms with E-state index >= 15 is 0 Å². The molecule has 0 aromatic carbocycles. The minimum absolute atomic E-state index is 0.286. The largest absolute Gasteiger partial charge is 0.368 e. The molecule has 1 unspecified atom stereocenters. The van der Waals surface area contributed by atoms with Gasteiger partial charge >= 0.3 is 0 Å². The molecule has 0 spiro atoms. The number of rotatable bonds is 2. The Morgan fingerprint density at radius 2 is 2.29 bits per heavy atom. The van der Waals surface area contributed by atoms with E-state index in [4.69, 9.17) is 23.1 Å². The number of halogens is 1. The highest BCUT2D eigenvalue weighted by atomic mass is 35.5. The number of nitrogens with zero attached hydrogens (tertiary/aromatic N) is 2. The topological polar surface area (TPSA) is 94.4 Å². The SMILES string of the molecule is NC(=O)C1(N)C=NC(c2ncccc2Cl)=CC1.